The summed E-state index contributed by atoms with van der Waals surface area (Å²) in [4.78, 5) is 6.63. The maximum Gasteiger partial charge on any atom is 0.0963 e. The van der Waals surface area contributed by atoms with Crippen molar-refractivity contribution in [2.75, 3.05) is 26.3 Å². The molecule has 0 radical (unpaired) electrons. The summed E-state index contributed by atoms with van der Waals surface area (Å²) < 4.78 is 5.48. The highest BCUT2D eigenvalue weighted by Gasteiger charge is 2.27. The number of hydrogen-bond donors (Lipinski definition) is 1. The average Bonchev–Trinajstić information content (AvgIpc) is 2.93. The van der Waals surface area contributed by atoms with Crippen molar-refractivity contribution in [3.63, 3.8) is 0 Å². The number of thiazole rings is 1. The number of nitrogens with one attached hydrogen (secondary N) is 1. The van der Waals surface area contributed by atoms with Gasteiger partial charge in [0.15, 0.2) is 0 Å². The number of rotatable bonds is 5. The lowest BCUT2D eigenvalue weighted by Gasteiger charge is -2.21. The Morgan fingerprint density at radius 3 is 2.95 bits per heavy atom. The zero-order valence-electron chi connectivity index (χ0n) is 12.5. The van der Waals surface area contributed by atoms with E-state index in [4.69, 9.17) is 9.72 Å². The van der Waals surface area contributed by atoms with Gasteiger partial charge >= 0.3 is 0 Å². The van der Waals surface area contributed by atoms with Crippen molar-refractivity contribution in [2.24, 2.45) is 0 Å². The van der Waals surface area contributed by atoms with E-state index >= 15 is 0 Å². The van der Waals surface area contributed by atoms with Crippen LogP contribution in [0.1, 0.15) is 66.4 Å². The monoisotopic (exact) mass is 294 g/mol. The van der Waals surface area contributed by atoms with Crippen molar-refractivity contribution in [3.05, 3.63) is 15.6 Å². The molecule has 0 spiro atoms. The Morgan fingerprint density at radius 2 is 2.15 bits per heavy atom. The van der Waals surface area contributed by atoms with Gasteiger partial charge in [0.25, 0.3) is 0 Å². The molecule has 112 valence electrons. The van der Waals surface area contributed by atoms with Crippen LogP contribution in [0.4, 0.5) is 0 Å². The molecule has 20 heavy (non-hydrogen) atoms. The molecular formula is C16H26N2OS. The van der Waals surface area contributed by atoms with E-state index in [1.807, 2.05) is 11.3 Å². The van der Waals surface area contributed by atoms with E-state index in [1.54, 1.807) is 4.88 Å². The Balaban J connectivity index is 1.70. The van der Waals surface area contributed by atoms with Crippen molar-refractivity contribution in [2.45, 2.75) is 57.3 Å². The van der Waals surface area contributed by atoms with Gasteiger partial charge in [-0.3, -0.25) is 0 Å². The Morgan fingerprint density at radius 1 is 1.30 bits per heavy atom. The molecule has 1 unspecified atom stereocenters. The summed E-state index contributed by atoms with van der Waals surface area (Å²) in [5, 5.41) is 4.97. The van der Waals surface area contributed by atoms with Gasteiger partial charge in [0, 0.05) is 36.5 Å². The fraction of sp³-hybridized carbons (Fsp3) is 0.812. The lowest BCUT2D eigenvalue weighted by molar-refractivity contribution is 0.0852. The molecule has 3 rings (SSSR count). The van der Waals surface area contributed by atoms with Crippen LogP contribution >= 0.6 is 11.3 Å². The molecule has 0 amide bonds. The molecule has 1 N–H and O–H groups in total. The van der Waals surface area contributed by atoms with Gasteiger partial charge < -0.3 is 10.1 Å². The fourth-order valence-corrected chi connectivity index (χ4v) is 4.66. The minimum absolute atomic E-state index is 0.648. The lowest BCUT2D eigenvalue weighted by Crippen LogP contribution is -2.25. The molecule has 0 saturated carbocycles. The van der Waals surface area contributed by atoms with Gasteiger partial charge in [0.05, 0.1) is 10.7 Å². The molecule has 1 aliphatic carbocycles. The van der Waals surface area contributed by atoms with E-state index in [0.29, 0.717) is 11.8 Å². The minimum Gasteiger partial charge on any atom is -0.381 e. The van der Waals surface area contributed by atoms with Gasteiger partial charge in [-0.2, -0.15) is 0 Å². The summed E-state index contributed by atoms with van der Waals surface area (Å²) >= 11 is 1.99. The van der Waals surface area contributed by atoms with Crippen LogP contribution in [0.5, 0.6) is 0 Å². The lowest BCUT2D eigenvalue weighted by atomic mass is 9.91. The highest BCUT2D eigenvalue weighted by molar-refractivity contribution is 7.11. The number of fused-ring (bicyclic) bond motifs is 1. The van der Waals surface area contributed by atoms with Gasteiger partial charge in [-0.1, -0.05) is 6.92 Å². The number of aromatic nitrogens is 1. The number of aryl methyl sites for hydroxylation is 1. The first-order valence-corrected chi connectivity index (χ1v) is 8.98. The van der Waals surface area contributed by atoms with Crippen LogP contribution < -0.4 is 5.32 Å². The van der Waals surface area contributed by atoms with Crippen LogP contribution in [0.25, 0.3) is 0 Å². The second-order valence-corrected chi connectivity index (χ2v) is 7.16. The summed E-state index contributed by atoms with van der Waals surface area (Å²) in [5.41, 5.74) is 1.42. The predicted molar refractivity (Wildman–Crippen MR) is 83.7 cm³/mol. The quantitative estimate of drug-likeness (QED) is 0.845. The molecule has 3 nitrogen and oxygen atoms in total. The van der Waals surface area contributed by atoms with E-state index in [1.165, 1.54) is 36.4 Å². The van der Waals surface area contributed by atoms with E-state index in [-0.39, 0.29) is 0 Å². The molecule has 4 heteroatoms. The number of ether oxygens (including phenoxy) is 1. The van der Waals surface area contributed by atoms with Gasteiger partial charge in [-0.25, -0.2) is 4.98 Å². The van der Waals surface area contributed by atoms with Gasteiger partial charge in [0.1, 0.15) is 0 Å². The third kappa shape index (κ3) is 3.23. The average molecular weight is 294 g/mol. The normalized spacial score (nSPS) is 23.8. The zero-order valence-corrected chi connectivity index (χ0v) is 13.3. The Hall–Kier alpha value is -0.450. The molecule has 0 aromatic carbocycles. The van der Waals surface area contributed by atoms with Crippen molar-refractivity contribution in [1.82, 2.24) is 10.3 Å². The summed E-state index contributed by atoms with van der Waals surface area (Å²) in [6.07, 6.45) is 7.42. The zero-order chi connectivity index (χ0) is 13.8. The maximum absolute atomic E-state index is 5.48. The Labute approximate surface area is 126 Å². The highest BCUT2D eigenvalue weighted by Crippen LogP contribution is 2.38. The molecule has 1 aromatic rings. The van der Waals surface area contributed by atoms with Gasteiger partial charge in [0.2, 0.25) is 0 Å². The van der Waals surface area contributed by atoms with Crippen molar-refractivity contribution in [3.8, 4) is 0 Å². The summed E-state index contributed by atoms with van der Waals surface area (Å²) in [5.74, 6) is 1.30. The van der Waals surface area contributed by atoms with Crippen molar-refractivity contribution < 1.29 is 4.74 Å². The third-order valence-corrected chi connectivity index (χ3v) is 5.77. The van der Waals surface area contributed by atoms with Crippen LogP contribution in [-0.4, -0.2) is 31.3 Å². The first-order chi connectivity index (χ1) is 9.88. The molecule has 1 fully saturated rings. The molecule has 2 heterocycles. The van der Waals surface area contributed by atoms with Gasteiger partial charge in [-0.05, 0) is 45.1 Å². The second-order valence-electron chi connectivity index (χ2n) is 6.04. The molecule has 1 saturated heterocycles. The first kappa shape index (κ1) is 14.5. The van der Waals surface area contributed by atoms with E-state index in [2.05, 4.69) is 12.2 Å². The fourth-order valence-electron chi connectivity index (χ4n) is 3.30. The minimum atomic E-state index is 0.648. The van der Waals surface area contributed by atoms with Crippen LogP contribution in [0.3, 0.4) is 0 Å². The molecule has 1 aromatic heterocycles. The summed E-state index contributed by atoms with van der Waals surface area (Å²) in [7, 11) is 0. The smallest absolute Gasteiger partial charge is 0.0963 e. The van der Waals surface area contributed by atoms with Crippen LogP contribution in [0, 0.1) is 0 Å². The van der Waals surface area contributed by atoms with Crippen LogP contribution in [-0.2, 0) is 11.2 Å². The van der Waals surface area contributed by atoms with E-state index < -0.39 is 0 Å². The largest absolute Gasteiger partial charge is 0.381 e. The molecule has 1 atom stereocenters. The summed E-state index contributed by atoms with van der Waals surface area (Å²) in [6.45, 7) is 6.29. The van der Waals surface area contributed by atoms with Crippen molar-refractivity contribution >= 4 is 11.3 Å². The summed E-state index contributed by atoms with van der Waals surface area (Å²) in [6, 6.07) is 0. The number of hydrogen-bond acceptors (Lipinski definition) is 4. The van der Waals surface area contributed by atoms with E-state index in [9.17, 15) is 0 Å². The van der Waals surface area contributed by atoms with E-state index in [0.717, 1.165) is 39.1 Å². The van der Waals surface area contributed by atoms with Crippen molar-refractivity contribution in [1.29, 1.82) is 0 Å². The first-order valence-electron chi connectivity index (χ1n) is 8.16. The highest BCUT2D eigenvalue weighted by atomic mass is 32.1. The molecule has 0 bridgehead atoms. The maximum atomic E-state index is 5.48. The Kier molecular flexibility index (Phi) is 5.08. The Bertz CT molecular complexity index is 426. The third-order valence-electron chi connectivity index (χ3n) is 4.48. The molecule has 2 aliphatic rings. The topological polar surface area (TPSA) is 34.1 Å². The SMILES string of the molecule is CCCNCC1CCCc2sc(C3CCOCC3)nc21. The standard InChI is InChI=1S/C16H26N2OS/c1-2-8-17-11-13-4-3-5-14-15(13)18-16(20-14)12-6-9-19-10-7-12/h12-13,17H,2-11H2,1H3. The molecule has 1 aliphatic heterocycles. The number of nitrogens with zero attached hydrogens (tertiary/aromatic N) is 1. The van der Waals surface area contributed by atoms with Crippen LogP contribution in [0.15, 0.2) is 0 Å². The molecular weight excluding hydrogens is 268 g/mol. The predicted octanol–water partition coefficient (Wildman–Crippen LogP) is 3.46. The van der Waals surface area contributed by atoms with Crippen LogP contribution in [0.2, 0.25) is 0 Å². The second kappa shape index (κ2) is 7.01. The van der Waals surface area contributed by atoms with Gasteiger partial charge in [-0.15, -0.1) is 11.3 Å².